The smallest absolute Gasteiger partial charge is 0.268 e. The van der Waals surface area contributed by atoms with Crippen molar-refractivity contribution < 1.29 is 13.2 Å². The number of piperazine rings is 1. The fourth-order valence-electron chi connectivity index (χ4n) is 3.72. The number of nitrogens with one attached hydrogen (secondary N) is 1. The number of methoxy groups -OCH3 is 1. The minimum Gasteiger partial charge on any atom is -0.497 e. The molecule has 0 aliphatic carbocycles. The van der Waals surface area contributed by atoms with E-state index in [0.717, 1.165) is 49.2 Å². The zero-order valence-corrected chi connectivity index (χ0v) is 17.0. The molecule has 1 aliphatic rings. The molecule has 28 heavy (non-hydrogen) atoms. The highest BCUT2D eigenvalue weighted by molar-refractivity contribution is 7.90. The van der Waals surface area contributed by atoms with Crippen molar-refractivity contribution in [2.75, 3.05) is 33.3 Å². The number of benzene rings is 2. The Labute approximate surface area is 165 Å². The van der Waals surface area contributed by atoms with Gasteiger partial charge in [-0.15, -0.1) is 0 Å². The van der Waals surface area contributed by atoms with E-state index >= 15 is 0 Å². The van der Waals surface area contributed by atoms with Gasteiger partial charge >= 0.3 is 0 Å². The van der Waals surface area contributed by atoms with E-state index in [0.29, 0.717) is 11.3 Å². The zero-order chi connectivity index (χ0) is 19.7. The van der Waals surface area contributed by atoms with Crippen LogP contribution in [-0.2, 0) is 16.6 Å². The highest BCUT2D eigenvalue weighted by Gasteiger charge is 2.21. The molecule has 1 saturated heterocycles. The van der Waals surface area contributed by atoms with Crippen LogP contribution in [0, 0.1) is 6.92 Å². The average molecular weight is 400 g/mol. The van der Waals surface area contributed by atoms with E-state index in [1.54, 1.807) is 37.6 Å². The number of nitrogens with zero attached hydrogens (tertiary/aromatic N) is 2. The van der Waals surface area contributed by atoms with Gasteiger partial charge in [0.05, 0.1) is 17.5 Å². The monoisotopic (exact) mass is 399 g/mol. The summed E-state index contributed by atoms with van der Waals surface area (Å²) in [6.45, 7) is 6.54. The van der Waals surface area contributed by atoms with Crippen molar-refractivity contribution in [2.24, 2.45) is 0 Å². The summed E-state index contributed by atoms with van der Waals surface area (Å²) in [6, 6.07) is 12.7. The van der Waals surface area contributed by atoms with Crippen molar-refractivity contribution in [3.05, 3.63) is 59.8 Å². The van der Waals surface area contributed by atoms with Crippen LogP contribution in [0.4, 0.5) is 0 Å². The third-order valence-electron chi connectivity index (χ3n) is 5.22. The van der Waals surface area contributed by atoms with Gasteiger partial charge in [-0.2, -0.15) is 0 Å². The van der Waals surface area contributed by atoms with Gasteiger partial charge in [-0.3, -0.25) is 4.90 Å². The first-order valence-electron chi connectivity index (χ1n) is 9.42. The van der Waals surface area contributed by atoms with Crippen molar-refractivity contribution in [2.45, 2.75) is 18.4 Å². The van der Waals surface area contributed by atoms with Crippen LogP contribution in [0.5, 0.6) is 5.75 Å². The Morgan fingerprint density at radius 2 is 1.89 bits per heavy atom. The van der Waals surface area contributed by atoms with Crippen LogP contribution < -0.4 is 10.1 Å². The second-order valence-corrected chi connectivity index (χ2v) is 8.99. The summed E-state index contributed by atoms with van der Waals surface area (Å²) in [7, 11) is -2.07. The molecule has 0 amide bonds. The lowest BCUT2D eigenvalue weighted by Gasteiger charge is -2.27. The summed E-state index contributed by atoms with van der Waals surface area (Å²) in [5.41, 5.74) is 2.63. The second kappa shape index (κ2) is 7.58. The van der Waals surface area contributed by atoms with Crippen LogP contribution >= 0.6 is 0 Å². The maximum Gasteiger partial charge on any atom is 0.268 e. The van der Waals surface area contributed by atoms with Gasteiger partial charge in [0.1, 0.15) is 5.75 Å². The summed E-state index contributed by atoms with van der Waals surface area (Å²) >= 11 is 0. The molecule has 0 saturated carbocycles. The summed E-state index contributed by atoms with van der Waals surface area (Å²) in [5.74, 6) is 0.664. The number of aryl methyl sites for hydroxylation is 1. The normalized spacial score (nSPS) is 15.8. The highest BCUT2D eigenvalue weighted by atomic mass is 32.2. The van der Waals surface area contributed by atoms with Crippen molar-refractivity contribution in [1.29, 1.82) is 0 Å². The van der Waals surface area contributed by atoms with Crippen LogP contribution in [0.1, 0.15) is 11.1 Å². The van der Waals surface area contributed by atoms with Crippen LogP contribution in [-0.4, -0.2) is 50.6 Å². The maximum atomic E-state index is 13.3. The van der Waals surface area contributed by atoms with Crippen molar-refractivity contribution in [1.82, 2.24) is 14.2 Å². The van der Waals surface area contributed by atoms with Crippen molar-refractivity contribution in [3.63, 3.8) is 0 Å². The van der Waals surface area contributed by atoms with Crippen molar-refractivity contribution in [3.8, 4) is 5.75 Å². The first-order chi connectivity index (χ1) is 13.5. The molecule has 0 unspecified atom stereocenters. The second-order valence-electron chi connectivity index (χ2n) is 7.18. The van der Waals surface area contributed by atoms with E-state index in [4.69, 9.17) is 4.74 Å². The molecule has 2 heterocycles. The number of aromatic nitrogens is 1. The lowest BCUT2D eigenvalue weighted by atomic mass is 10.1. The Bertz CT molecular complexity index is 1100. The molecule has 3 aromatic rings. The molecule has 0 bridgehead atoms. The van der Waals surface area contributed by atoms with E-state index < -0.39 is 10.0 Å². The standard InChI is InChI=1S/C21H25N3O3S/c1-16-4-3-5-19(12-16)28(25,26)24-9-6-20-17(13-18(27-2)14-21(20)24)15-23-10-7-22-8-11-23/h3-6,9,12-14,22H,7-8,10-11,15H2,1-2H3. The average Bonchev–Trinajstić information content (AvgIpc) is 3.14. The van der Waals surface area contributed by atoms with E-state index in [9.17, 15) is 8.42 Å². The quantitative estimate of drug-likeness (QED) is 0.715. The SMILES string of the molecule is COc1cc(CN2CCNCC2)c2ccn(S(=O)(=O)c3cccc(C)c3)c2c1. The molecule has 0 atom stereocenters. The number of hydrogen-bond donors (Lipinski definition) is 1. The molecule has 1 fully saturated rings. The molecular formula is C21H25N3O3S. The summed E-state index contributed by atoms with van der Waals surface area (Å²) in [6.07, 6.45) is 1.64. The minimum atomic E-state index is -3.68. The lowest BCUT2D eigenvalue weighted by Crippen LogP contribution is -2.42. The first-order valence-corrected chi connectivity index (χ1v) is 10.9. The van der Waals surface area contributed by atoms with E-state index in [2.05, 4.69) is 10.2 Å². The third kappa shape index (κ3) is 3.53. The fraction of sp³-hybridized carbons (Fsp3) is 0.333. The molecule has 4 rings (SSSR count). The highest BCUT2D eigenvalue weighted by Crippen LogP contribution is 2.30. The van der Waals surface area contributed by atoms with Gasteiger partial charge in [0.25, 0.3) is 10.0 Å². The number of ether oxygens (including phenoxy) is 1. The fourth-order valence-corrected chi connectivity index (χ4v) is 5.17. The van der Waals surface area contributed by atoms with Crippen LogP contribution in [0.3, 0.4) is 0 Å². The van der Waals surface area contributed by atoms with Gasteiger partial charge in [-0.25, -0.2) is 12.4 Å². The van der Waals surface area contributed by atoms with Gasteiger partial charge < -0.3 is 10.1 Å². The largest absolute Gasteiger partial charge is 0.497 e. The summed E-state index contributed by atoms with van der Waals surface area (Å²) in [4.78, 5) is 2.66. The molecular weight excluding hydrogens is 374 g/mol. The predicted octanol–water partition coefficient (Wildman–Crippen LogP) is 2.60. The Morgan fingerprint density at radius 3 is 2.61 bits per heavy atom. The van der Waals surface area contributed by atoms with Crippen molar-refractivity contribution >= 4 is 20.9 Å². The number of rotatable bonds is 5. The van der Waals surface area contributed by atoms with Crippen LogP contribution in [0.15, 0.2) is 53.6 Å². The Balaban J connectivity index is 1.81. The summed E-state index contributed by atoms with van der Waals surface area (Å²) < 4.78 is 33.4. The van der Waals surface area contributed by atoms with Crippen LogP contribution in [0.25, 0.3) is 10.9 Å². The van der Waals surface area contributed by atoms with Gasteiger partial charge in [0, 0.05) is 50.4 Å². The molecule has 6 nitrogen and oxygen atoms in total. The van der Waals surface area contributed by atoms with Gasteiger partial charge in [-0.1, -0.05) is 12.1 Å². The predicted molar refractivity (Wildman–Crippen MR) is 110 cm³/mol. The zero-order valence-electron chi connectivity index (χ0n) is 16.2. The molecule has 148 valence electrons. The first kappa shape index (κ1) is 19.0. The van der Waals surface area contributed by atoms with E-state index in [1.807, 2.05) is 25.1 Å². The molecule has 2 aromatic carbocycles. The molecule has 1 aliphatic heterocycles. The Kier molecular flexibility index (Phi) is 5.14. The van der Waals surface area contributed by atoms with Gasteiger partial charge in [0.15, 0.2) is 0 Å². The Morgan fingerprint density at radius 1 is 1.11 bits per heavy atom. The van der Waals surface area contributed by atoms with Gasteiger partial charge in [0.2, 0.25) is 0 Å². The molecule has 1 aromatic heterocycles. The van der Waals surface area contributed by atoms with Crippen LogP contribution in [0.2, 0.25) is 0 Å². The topological polar surface area (TPSA) is 63.6 Å². The lowest BCUT2D eigenvalue weighted by molar-refractivity contribution is 0.234. The number of fused-ring (bicyclic) bond motifs is 1. The molecule has 0 spiro atoms. The third-order valence-corrected chi connectivity index (χ3v) is 6.90. The molecule has 1 N–H and O–H groups in total. The summed E-state index contributed by atoms with van der Waals surface area (Å²) in [5, 5.41) is 4.30. The maximum absolute atomic E-state index is 13.3. The van der Waals surface area contributed by atoms with E-state index in [-0.39, 0.29) is 4.90 Å². The van der Waals surface area contributed by atoms with Gasteiger partial charge in [-0.05, 0) is 42.3 Å². The molecule has 7 heteroatoms. The minimum absolute atomic E-state index is 0.288. The molecule has 0 radical (unpaired) electrons. The number of hydrogen-bond acceptors (Lipinski definition) is 5. The Hall–Kier alpha value is -2.35. The van der Waals surface area contributed by atoms with E-state index in [1.165, 1.54) is 3.97 Å².